The van der Waals surface area contributed by atoms with Crippen molar-refractivity contribution in [3.8, 4) is 0 Å². The van der Waals surface area contributed by atoms with Gasteiger partial charge in [-0.2, -0.15) is 0 Å². The fourth-order valence-corrected chi connectivity index (χ4v) is 4.14. The first kappa shape index (κ1) is 18.9. The maximum absolute atomic E-state index is 12.9. The lowest BCUT2D eigenvalue weighted by Crippen LogP contribution is -2.36. The predicted octanol–water partition coefficient (Wildman–Crippen LogP) is 5.45. The van der Waals surface area contributed by atoms with Crippen LogP contribution in [0.15, 0.2) is 35.7 Å². The van der Waals surface area contributed by atoms with Gasteiger partial charge in [-0.05, 0) is 42.5 Å². The average molecular weight is 391 g/mol. The van der Waals surface area contributed by atoms with Crippen molar-refractivity contribution in [2.24, 2.45) is 0 Å². The van der Waals surface area contributed by atoms with Gasteiger partial charge in [0.25, 0.3) is 11.8 Å². The lowest BCUT2D eigenvalue weighted by atomic mass is 10.1. The van der Waals surface area contributed by atoms with E-state index in [9.17, 15) is 9.59 Å². The molecule has 2 amide bonds. The van der Waals surface area contributed by atoms with E-state index in [4.69, 9.17) is 11.6 Å². The Bertz CT molecular complexity index is 768. The van der Waals surface area contributed by atoms with Crippen LogP contribution >= 0.6 is 22.9 Å². The second kappa shape index (κ2) is 8.69. The Morgan fingerprint density at radius 3 is 2.54 bits per heavy atom. The molecule has 138 valence electrons. The number of nitrogens with zero attached hydrogens (tertiary/aromatic N) is 1. The Morgan fingerprint density at radius 1 is 1.15 bits per heavy atom. The minimum absolute atomic E-state index is 0.0276. The quantitative estimate of drug-likeness (QED) is 0.705. The SMILES string of the molecule is CN(C(=O)c1ccc(Cl)c(NC(=O)c2cccs2)c1)C1CCCCCC1. The van der Waals surface area contributed by atoms with E-state index in [-0.39, 0.29) is 17.9 Å². The summed E-state index contributed by atoms with van der Waals surface area (Å²) >= 11 is 7.58. The van der Waals surface area contributed by atoms with Crippen molar-refractivity contribution in [3.63, 3.8) is 0 Å². The van der Waals surface area contributed by atoms with Crippen LogP contribution in [-0.2, 0) is 0 Å². The van der Waals surface area contributed by atoms with E-state index < -0.39 is 0 Å². The highest BCUT2D eigenvalue weighted by atomic mass is 35.5. The summed E-state index contributed by atoms with van der Waals surface area (Å²) in [5.74, 6) is -0.246. The Kier molecular flexibility index (Phi) is 6.33. The third kappa shape index (κ3) is 4.46. The molecule has 0 atom stereocenters. The number of rotatable bonds is 4. The van der Waals surface area contributed by atoms with Crippen molar-refractivity contribution in [2.45, 2.75) is 44.6 Å². The summed E-state index contributed by atoms with van der Waals surface area (Å²) in [5, 5.41) is 5.07. The van der Waals surface area contributed by atoms with Crippen LogP contribution < -0.4 is 5.32 Å². The summed E-state index contributed by atoms with van der Waals surface area (Å²) in [6.45, 7) is 0. The molecule has 1 aliphatic carbocycles. The van der Waals surface area contributed by atoms with Crippen molar-refractivity contribution in [1.29, 1.82) is 0 Å². The van der Waals surface area contributed by atoms with Crippen molar-refractivity contribution in [1.82, 2.24) is 4.90 Å². The van der Waals surface area contributed by atoms with E-state index in [1.807, 2.05) is 23.4 Å². The van der Waals surface area contributed by atoms with Crippen molar-refractivity contribution in [2.75, 3.05) is 12.4 Å². The van der Waals surface area contributed by atoms with Crippen LogP contribution in [-0.4, -0.2) is 29.8 Å². The van der Waals surface area contributed by atoms with Gasteiger partial charge in [0.05, 0.1) is 15.6 Å². The van der Waals surface area contributed by atoms with Crippen LogP contribution in [0.2, 0.25) is 5.02 Å². The highest BCUT2D eigenvalue weighted by Gasteiger charge is 2.23. The van der Waals surface area contributed by atoms with E-state index >= 15 is 0 Å². The van der Waals surface area contributed by atoms with Gasteiger partial charge >= 0.3 is 0 Å². The molecule has 2 aromatic rings. The van der Waals surface area contributed by atoms with E-state index in [0.29, 0.717) is 21.2 Å². The molecule has 1 saturated carbocycles. The van der Waals surface area contributed by atoms with Gasteiger partial charge < -0.3 is 10.2 Å². The molecule has 0 spiro atoms. The zero-order valence-electron chi connectivity index (χ0n) is 14.8. The topological polar surface area (TPSA) is 49.4 Å². The maximum Gasteiger partial charge on any atom is 0.265 e. The first-order valence-electron chi connectivity index (χ1n) is 8.98. The van der Waals surface area contributed by atoms with Gasteiger partial charge in [0, 0.05) is 18.7 Å². The molecule has 1 aliphatic rings. The smallest absolute Gasteiger partial charge is 0.265 e. The monoisotopic (exact) mass is 390 g/mol. The highest BCUT2D eigenvalue weighted by molar-refractivity contribution is 7.12. The molecule has 0 aliphatic heterocycles. The van der Waals surface area contributed by atoms with Gasteiger partial charge in [0.1, 0.15) is 0 Å². The van der Waals surface area contributed by atoms with Crippen LogP contribution in [0.5, 0.6) is 0 Å². The molecule has 6 heteroatoms. The lowest BCUT2D eigenvalue weighted by Gasteiger charge is -2.27. The summed E-state index contributed by atoms with van der Waals surface area (Å²) in [5.41, 5.74) is 1.01. The standard InChI is InChI=1S/C20H23ClN2O2S/c1-23(15-7-4-2-3-5-8-15)20(25)14-10-11-16(21)17(13-14)22-19(24)18-9-6-12-26-18/h6,9-13,15H,2-5,7-8H2,1H3,(H,22,24). The molecular formula is C20H23ClN2O2S. The van der Waals surface area contributed by atoms with E-state index in [0.717, 1.165) is 12.8 Å². The molecule has 0 unspecified atom stereocenters. The van der Waals surface area contributed by atoms with Crippen LogP contribution in [0.3, 0.4) is 0 Å². The number of halogens is 1. The third-order valence-corrected chi connectivity index (χ3v) is 6.10. The highest BCUT2D eigenvalue weighted by Crippen LogP contribution is 2.27. The van der Waals surface area contributed by atoms with Crippen molar-refractivity contribution in [3.05, 3.63) is 51.2 Å². The number of hydrogen-bond acceptors (Lipinski definition) is 3. The Hall–Kier alpha value is -1.85. The van der Waals surface area contributed by atoms with Crippen LogP contribution in [0.1, 0.15) is 58.6 Å². The van der Waals surface area contributed by atoms with Crippen molar-refractivity contribution < 1.29 is 9.59 Å². The minimum atomic E-state index is -0.219. The van der Waals surface area contributed by atoms with Gasteiger partial charge in [-0.25, -0.2) is 0 Å². The molecule has 1 N–H and O–H groups in total. The second-order valence-corrected chi connectivity index (χ2v) is 8.04. The number of amides is 2. The summed E-state index contributed by atoms with van der Waals surface area (Å²) in [6, 6.07) is 8.91. The fraction of sp³-hybridized carbons (Fsp3) is 0.400. The third-order valence-electron chi connectivity index (χ3n) is 4.90. The van der Waals surface area contributed by atoms with Crippen molar-refractivity contribution >= 4 is 40.4 Å². The minimum Gasteiger partial charge on any atom is -0.339 e. The number of benzene rings is 1. The maximum atomic E-state index is 12.9. The molecule has 4 nitrogen and oxygen atoms in total. The van der Waals surface area contributed by atoms with Gasteiger partial charge in [-0.15, -0.1) is 11.3 Å². The fourth-order valence-electron chi connectivity index (χ4n) is 3.36. The van der Waals surface area contributed by atoms with Crippen LogP contribution in [0.4, 0.5) is 5.69 Å². The van der Waals surface area contributed by atoms with E-state index in [1.54, 1.807) is 24.3 Å². The first-order valence-corrected chi connectivity index (χ1v) is 10.2. The largest absolute Gasteiger partial charge is 0.339 e. The van der Waals surface area contributed by atoms with Crippen LogP contribution in [0.25, 0.3) is 0 Å². The number of thiophene rings is 1. The number of hydrogen-bond donors (Lipinski definition) is 1. The molecule has 0 bridgehead atoms. The zero-order chi connectivity index (χ0) is 18.5. The Labute approximate surface area is 163 Å². The summed E-state index contributed by atoms with van der Waals surface area (Å²) in [4.78, 5) is 27.6. The van der Waals surface area contributed by atoms with Gasteiger partial charge in [0.15, 0.2) is 0 Å². The first-order chi connectivity index (χ1) is 12.6. The predicted molar refractivity (Wildman–Crippen MR) is 107 cm³/mol. The molecule has 1 aromatic carbocycles. The molecule has 1 aromatic heterocycles. The second-order valence-electron chi connectivity index (χ2n) is 6.69. The molecular weight excluding hydrogens is 368 g/mol. The average Bonchev–Trinajstić information content (AvgIpc) is 3.05. The molecule has 0 saturated heterocycles. The molecule has 1 fully saturated rings. The van der Waals surface area contributed by atoms with Gasteiger partial charge in [-0.3, -0.25) is 9.59 Å². The number of carbonyl (C=O) groups is 2. The molecule has 26 heavy (non-hydrogen) atoms. The summed E-state index contributed by atoms with van der Waals surface area (Å²) in [7, 11) is 1.87. The van der Waals surface area contributed by atoms with Gasteiger partial charge in [-0.1, -0.05) is 43.4 Å². The molecule has 1 heterocycles. The molecule has 0 radical (unpaired) electrons. The number of anilines is 1. The summed E-state index contributed by atoms with van der Waals surface area (Å²) in [6.07, 6.45) is 6.95. The lowest BCUT2D eigenvalue weighted by molar-refractivity contribution is 0.0717. The zero-order valence-corrected chi connectivity index (χ0v) is 16.4. The normalized spacial score (nSPS) is 15.3. The number of nitrogens with one attached hydrogen (secondary N) is 1. The van der Waals surface area contributed by atoms with E-state index in [2.05, 4.69) is 5.32 Å². The van der Waals surface area contributed by atoms with Crippen LogP contribution in [0, 0.1) is 0 Å². The summed E-state index contributed by atoms with van der Waals surface area (Å²) < 4.78 is 0. The van der Waals surface area contributed by atoms with E-state index in [1.165, 1.54) is 37.0 Å². The number of carbonyl (C=O) groups excluding carboxylic acids is 2. The molecule has 3 rings (SSSR count). The van der Waals surface area contributed by atoms with Gasteiger partial charge in [0.2, 0.25) is 0 Å². The Balaban J connectivity index is 1.75. The Morgan fingerprint density at radius 2 is 1.88 bits per heavy atom.